The Labute approximate surface area is 249 Å². The van der Waals surface area contributed by atoms with E-state index in [2.05, 4.69) is 39.5 Å². The molecular weight excluding hydrogens is 530 g/mol. The number of rotatable bonds is 13. The van der Waals surface area contributed by atoms with Gasteiger partial charge in [-0.15, -0.1) is 0 Å². The van der Waals surface area contributed by atoms with E-state index in [4.69, 9.17) is 0 Å². The smallest absolute Gasteiger partial charge is 0.274 e. The van der Waals surface area contributed by atoms with Crippen molar-refractivity contribution < 1.29 is 14.4 Å². The van der Waals surface area contributed by atoms with E-state index >= 15 is 0 Å². The Balaban J connectivity index is 1.56. The van der Waals surface area contributed by atoms with Crippen LogP contribution in [0.5, 0.6) is 0 Å². The van der Waals surface area contributed by atoms with Gasteiger partial charge >= 0.3 is 0 Å². The summed E-state index contributed by atoms with van der Waals surface area (Å²) in [7, 11) is 1.74. The summed E-state index contributed by atoms with van der Waals surface area (Å²) in [5.74, 6) is 0.0708. The van der Waals surface area contributed by atoms with Crippen molar-refractivity contribution >= 4 is 36.6 Å². The second-order valence-electron chi connectivity index (χ2n) is 11.3. The monoisotopic (exact) mass is 575 g/mol. The van der Waals surface area contributed by atoms with Crippen LogP contribution in [-0.2, 0) is 16.0 Å². The molecule has 3 amide bonds. The molecule has 0 unspecified atom stereocenters. The molecular formula is C32H45N7O3. The highest BCUT2D eigenvalue weighted by atomic mass is 16.2. The standard InChI is InChI=1S/C32H45N7O3/c1-5-18-38-22-27(35-32(38)34-4)30(41)37(20-17-24-12-7-6-8-13-24)21-26-16-11-19-39(26)31(42)28(25-14-9-10-15-25)36-29(40)23(2)33-3/h5-8,12-13,18,22-23,25-26,28,33H,4,9-11,14-17,19-21H2,1-3H3,(H,36,40)/b18-5-/t23-,26-,28-/m0/s1. The van der Waals surface area contributed by atoms with Gasteiger partial charge in [-0.2, -0.15) is 0 Å². The number of likely N-dealkylation sites (N-methyl/N-ethyl adjacent to an activating group) is 1. The second kappa shape index (κ2) is 14.9. The van der Waals surface area contributed by atoms with Gasteiger partial charge in [0.1, 0.15) is 11.7 Å². The van der Waals surface area contributed by atoms with Gasteiger partial charge in [0.25, 0.3) is 5.91 Å². The average molecular weight is 576 g/mol. The van der Waals surface area contributed by atoms with Crippen molar-refractivity contribution in [3.05, 3.63) is 53.9 Å². The summed E-state index contributed by atoms with van der Waals surface area (Å²) in [4.78, 5) is 53.0. The van der Waals surface area contributed by atoms with Crippen LogP contribution in [0.3, 0.4) is 0 Å². The van der Waals surface area contributed by atoms with Crippen LogP contribution in [-0.4, -0.2) is 88.6 Å². The highest BCUT2D eigenvalue weighted by Crippen LogP contribution is 2.31. The fraction of sp³-hybridized carbons (Fsp3) is 0.531. The lowest BCUT2D eigenvalue weighted by Crippen LogP contribution is -2.57. The second-order valence-corrected chi connectivity index (χ2v) is 11.3. The molecule has 10 nitrogen and oxygen atoms in total. The Morgan fingerprint density at radius 1 is 1.17 bits per heavy atom. The molecule has 1 saturated heterocycles. The molecule has 2 aliphatic rings. The van der Waals surface area contributed by atoms with Gasteiger partial charge in [-0.25, -0.2) is 9.98 Å². The Morgan fingerprint density at radius 2 is 1.90 bits per heavy atom. The van der Waals surface area contributed by atoms with Crippen LogP contribution in [0.15, 0.2) is 47.6 Å². The highest BCUT2D eigenvalue weighted by Gasteiger charge is 2.40. The minimum atomic E-state index is -0.553. The Bertz CT molecular complexity index is 1250. The van der Waals surface area contributed by atoms with Crippen molar-refractivity contribution in [2.45, 2.75) is 76.9 Å². The van der Waals surface area contributed by atoms with Crippen molar-refractivity contribution in [2.75, 3.05) is 26.7 Å². The third-order valence-corrected chi connectivity index (χ3v) is 8.54. The van der Waals surface area contributed by atoms with E-state index in [1.165, 1.54) is 0 Å². The molecule has 1 saturated carbocycles. The molecule has 0 spiro atoms. The lowest BCUT2D eigenvalue weighted by Gasteiger charge is -2.35. The van der Waals surface area contributed by atoms with E-state index in [0.717, 1.165) is 44.1 Å². The van der Waals surface area contributed by atoms with Crippen molar-refractivity contribution in [1.29, 1.82) is 0 Å². The molecule has 0 radical (unpaired) electrons. The number of aromatic nitrogens is 2. The first-order valence-electron chi connectivity index (χ1n) is 15.2. The first-order chi connectivity index (χ1) is 20.4. The van der Waals surface area contributed by atoms with Crippen molar-refractivity contribution in [3.8, 4) is 0 Å². The molecule has 42 heavy (non-hydrogen) atoms. The molecule has 2 aromatic rings. The van der Waals surface area contributed by atoms with Gasteiger partial charge < -0.3 is 20.4 Å². The van der Waals surface area contributed by atoms with Gasteiger partial charge in [-0.3, -0.25) is 19.0 Å². The van der Waals surface area contributed by atoms with Crippen LogP contribution < -0.4 is 10.6 Å². The number of aliphatic imine (C=N–C) groups is 1. The molecule has 2 fully saturated rings. The summed E-state index contributed by atoms with van der Waals surface area (Å²) in [6.45, 7) is 8.77. The molecule has 2 heterocycles. The molecule has 0 bridgehead atoms. The van der Waals surface area contributed by atoms with E-state index < -0.39 is 6.04 Å². The molecule has 4 rings (SSSR count). The maximum atomic E-state index is 14.1. The first kappa shape index (κ1) is 31.2. The molecule has 1 aliphatic heterocycles. The van der Waals surface area contributed by atoms with Gasteiger partial charge in [0.15, 0.2) is 0 Å². The van der Waals surface area contributed by atoms with E-state index in [-0.39, 0.29) is 41.4 Å². The van der Waals surface area contributed by atoms with Gasteiger partial charge in [-0.1, -0.05) is 49.2 Å². The lowest BCUT2D eigenvalue weighted by atomic mass is 9.96. The van der Waals surface area contributed by atoms with Crippen LogP contribution in [0.2, 0.25) is 0 Å². The normalized spacial score (nSPS) is 18.7. The third-order valence-electron chi connectivity index (χ3n) is 8.54. The van der Waals surface area contributed by atoms with Gasteiger partial charge in [0.2, 0.25) is 17.8 Å². The average Bonchev–Trinajstić information content (AvgIpc) is 3.79. The number of nitrogens with one attached hydrogen (secondary N) is 2. The fourth-order valence-electron chi connectivity index (χ4n) is 6.05. The number of amides is 3. The summed E-state index contributed by atoms with van der Waals surface area (Å²) >= 11 is 0. The van der Waals surface area contributed by atoms with Crippen LogP contribution in [0.4, 0.5) is 5.95 Å². The predicted molar refractivity (Wildman–Crippen MR) is 166 cm³/mol. The van der Waals surface area contributed by atoms with Crippen molar-refractivity contribution in [2.24, 2.45) is 10.9 Å². The maximum absolute atomic E-state index is 14.1. The quantitative estimate of drug-likeness (QED) is 0.354. The Kier molecular flexibility index (Phi) is 11.1. The number of hydrogen-bond donors (Lipinski definition) is 2. The Hall–Kier alpha value is -3.79. The Morgan fingerprint density at radius 3 is 2.57 bits per heavy atom. The van der Waals surface area contributed by atoms with E-state index in [1.54, 1.807) is 30.9 Å². The minimum Gasteiger partial charge on any atom is -0.343 e. The summed E-state index contributed by atoms with van der Waals surface area (Å²) in [5, 5.41) is 6.05. The molecule has 1 aromatic carbocycles. The molecule has 226 valence electrons. The molecule has 1 aromatic heterocycles. The third kappa shape index (κ3) is 7.53. The van der Waals surface area contributed by atoms with E-state index in [9.17, 15) is 14.4 Å². The van der Waals surface area contributed by atoms with Crippen LogP contribution >= 0.6 is 0 Å². The zero-order valence-corrected chi connectivity index (χ0v) is 25.2. The SMILES string of the molecule is C=Nc1nc(C(=O)N(CCc2ccccc2)C[C@@H]2CCCN2C(=O)[C@@H](NC(=O)[C@H](C)NC)C2CCCC2)cn1/C=C\C. The largest absolute Gasteiger partial charge is 0.343 e. The number of nitrogens with zero attached hydrogens (tertiary/aromatic N) is 5. The lowest BCUT2D eigenvalue weighted by molar-refractivity contribution is -0.139. The molecule has 3 atom stereocenters. The molecule has 1 aliphatic carbocycles. The van der Waals surface area contributed by atoms with Crippen LogP contribution in [0.25, 0.3) is 6.20 Å². The number of benzene rings is 1. The van der Waals surface area contributed by atoms with Crippen molar-refractivity contribution in [1.82, 2.24) is 30.0 Å². The topological polar surface area (TPSA) is 112 Å². The number of imidazole rings is 1. The minimum absolute atomic E-state index is 0.0352. The summed E-state index contributed by atoms with van der Waals surface area (Å²) in [6, 6.07) is 8.98. The highest BCUT2D eigenvalue weighted by molar-refractivity contribution is 5.93. The summed E-state index contributed by atoms with van der Waals surface area (Å²) in [6.07, 6.45) is 11.6. The van der Waals surface area contributed by atoms with Crippen molar-refractivity contribution in [3.63, 3.8) is 0 Å². The van der Waals surface area contributed by atoms with E-state index in [1.807, 2.05) is 41.0 Å². The summed E-state index contributed by atoms with van der Waals surface area (Å²) < 4.78 is 1.68. The number of likely N-dealkylation sites (tertiary alicyclic amines) is 1. The molecule has 2 N–H and O–H groups in total. The number of carbonyl (C=O) groups excluding carboxylic acids is 3. The summed E-state index contributed by atoms with van der Waals surface area (Å²) in [5.41, 5.74) is 1.42. The van der Waals surface area contributed by atoms with Gasteiger partial charge in [-0.05, 0) is 71.2 Å². The van der Waals surface area contributed by atoms with Gasteiger partial charge in [0, 0.05) is 38.1 Å². The number of hydrogen-bond acceptors (Lipinski definition) is 6. The van der Waals surface area contributed by atoms with E-state index in [0.29, 0.717) is 32.0 Å². The number of allylic oxidation sites excluding steroid dienone is 1. The van der Waals surface area contributed by atoms with Crippen LogP contribution in [0, 0.1) is 5.92 Å². The predicted octanol–water partition coefficient (Wildman–Crippen LogP) is 3.66. The first-order valence-corrected chi connectivity index (χ1v) is 15.2. The molecule has 10 heteroatoms. The fourth-order valence-corrected chi connectivity index (χ4v) is 6.05. The van der Waals surface area contributed by atoms with Crippen LogP contribution in [0.1, 0.15) is 68.4 Å². The zero-order valence-electron chi connectivity index (χ0n) is 25.2. The zero-order chi connectivity index (χ0) is 30.1. The number of carbonyl (C=O) groups is 3. The van der Waals surface area contributed by atoms with Gasteiger partial charge in [0.05, 0.1) is 6.04 Å². The maximum Gasteiger partial charge on any atom is 0.274 e.